The van der Waals surface area contributed by atoms with Crippen molar-refractivity contribution >= 4 is 11.8 Å². The van der Waals surface area contributed by atoms with Crippen LogP contribution in [0.2, 0.25) is 0 Å². The van der Waals surface area contributed by atoms with Gasteiger partial charge in [-0.1, -0.05) is 0 Å². The Morgan fingerprint density at radius 3 is 2.74 bits per heavy atom. The van der Waals surface area contributed by atoms with Crippen LogP contribution in [0.1, 0.15) is 36.4 Å². The Bertz CT molecular complexity index is 744. The summed E-state index contributed by atoms with van der Waals surface area (Å²) >= 11 is 0. The molecule has 2 amide bonds. The molecule has 0 spiro atoms. The second kappa shape index (κ2) is 8.81. The van der Waals surface area contributed by atoms with Gasteiger partial charge in [0.2, 0.25) is 5.91 Å². The summed E-state index contributed by atoms with van der Waals surface area (Å²) in [7, 11) is 0. The van der Waals surface area contributed by atoms with E-state index in [9.17, 15) is 9.59 Å². The fourth-order valence-corrected chi connectivity index (χ4v) is 3.55. The molecule has 3 heterocycles. The van der Waals surface area contributed by atoms with E-state index in [1.54, 1.807) is 30.8 Å². The third kappa shape index (κ3) is 4.54. The van der Waals surface area contributed by atoms with Gasteiger partial charge in [-0.15, -0.1) is 0 Å². The van der Waals surface area contributed by atoms with Gasteiger partial charge < -0.3 is 14.6 Å². The van der Waals surface area contributed by atoms with E-state index in [0.717, 1.165) is 5.76 Å². The summed E-state index contributed by atoms with van der Waals surface area (Å²) in [4.78, 5) is 33.4. The summed E-state index contributed by atoms with van der Waals surface area (Å²) in [5, 5.41) is 3.04. The van der Waals surface area contributed by atoms with Crippen LogP contribution in [-0.2, 0) is 11.3 Å². The van der Waals surface area contributed by atoms with Crippen LogP contribution >= 0.6 is 0 Å². The Labute approximate surface area is 159 Å². The third-order valence-corrected chi connectivity index (χ3v) is 4.96. The predicted molar refractivity (Wildman–Crippen MR) is 101 cm³/mol. The summed E-state index contributed by atoms with van der Waals surface area (Å²) in [6.07, 6.45) is 5.40. The monoisotopic (exact) mass is 370 g/mol. The van der Waals surface area contributed by atoms with Gasteiger partial charge in [0.25, 0.3) is 5.91 Å². The molecule has 0 unspecified atom stereocenters. The Kier molecular flexibility index (Phi) is 6.24. The Hall–Kier alpha value is -2.67. The molecule has 2 atom stereocenters. The topological polar surface area (TPSA) is 78.7 Å². The van der Waals surface area contributed by atoms with E-state index in [0.29, 0.717) is 38.2 Å². The molecule has 1 fully saturated rings. The first-order valence-corrected chi connectivity index (χ1v) is 9.38. The lowest BCUT2D eigenvalue weighted by Crippen LogP contribution is -2.45. The van der Waals surface area contributed by atoms with Gasteiger partial charge >= 0.3 is 0 Å². The maximum absolute atomic E-state index is 13.0. The highest BCUT2D eigenvalue weighted by molar-refractivity contribution is 5.94. The highest BCUT2D eigenvalue weighted by Gasteiger charge is 2.39. The lowest BCUT2D eigenvalue weighted by Gasteiger charge is -2.28. The standard InChI is InChI=1S/C20H26N4O3/c1-3-23(4-2)20(26)18-11-16(13-24(18)14-17-8-6-10-27-17)22-19(25)15-7-5-9-21-12-15/h5-10,12,16,18H,3-4,11,13-14H2,1-2H3,(H,22,25)/t16-,18+/m1/s1. The molecule has 1 saturated heterocycles. The summed E-state index contributed by atoms with van der Waals surface area (Å²) in [6, 6.07) is 6.84. The van der Waals surface area contributed by atoms with Crippen molar-refractivity contribution in [1.29, 1.82) is 0 Å². The normalized spacial score (nSPS) is 19.8. The molecule has 0 saturated carbocycles. The Morgan fingerprint density at radius 1 is 1.30 bits per heavy atom. The van der Waals surface area contributed by atoms with E-state index in [1.165, 1.54) is 0 Å². The minimum absolute atomic E-state index is 0.0998. The van der Waals surface area contributed by atoms with Crippen molar-refractivity contribution in [3.05, 3.63) is 54.2 Å². The zero-order valence-corrected chi connectivity index (χ0v) is 15.8. The number of hydrogen-bond donors (Lipinski definition) is 1. The molecule has 0 aromatic carbocycles. The zero-order chi connectivity index (χ0) is 19.2. The zero-order valence-electron chi connectivity index (χ0n) is 15.8. The fraction of sp³-hybridized carbons (Fsp3) is 0.450. The van der Waals surface area contributed by atoms with Gasteiger partial charge in [-0.3, -0.25) is 19.5 Å². The number of likely N-dealkylation sites (tertiary alicyclic amines) is 1. The largest absolute Gasteiger partial charge is 0.468 e. The quantitative estimate of drug-likeness (QED) is 0.806. The van der Waals surface area contributed by atoms with Crippen molar-refractivity contribution in [2.24, 2.45) is 0 Å². The first kappa shape index (κ1) is 19.1. The smallest absolute Gasteiger partial charge is 0.253 e. The fourth-order valence-electron chi connectivity index (χ4n) is 3.55. The van der Waals surface area contributed by atoms with Crippen LogP contribution in [-0.4, -0.2) is 58.3 Å². The van der Waals surface area contributed by atoms with Crippen LogP contribution in [0, 0.1) is 0 Å². The van der Waals surface area contributed by atoms with Crippen LogP contribution in [0.25, 0.3) is 0 Å². The van der Waals surface area contributed by atoms with Crippen molar-refractivity contribution in [3.8, 4) is 0 Å². The number of pyridine rings is 1. The number of nitrogens with one attached hydrogen (secondary N) is 1. The van der Waals surface area contributed by atoms with Crippen LogP contribution in [0.4, 0.5) is 0 Å². The van der Waals surface area contributed by atoms with E-state index in [2.05, 4.69) is 15.2 Å². The molecular formula is C20H26N4O3. The highest BCUT2D eigenvalue weighted by atomic mass is 16.3. The Balaban J connectivity index is 1.72. The molecule has 144 valence electrons. The number of carbonyl (C=O) groups is 2. The van der Waals surface area contributed by atoms with Gasteiger partial charge in [-0.2, -0.15) is 0 Å². The molecule has 2 aromatic heterocycles. The number of aromatic nitrogens is 1. The summed E-state index contributed by atoms with van der Waals surface area (Å²) in [5.41, 5.74) is 0.522. The van der Waals surface area contributed by atoms with E-state index < -0.39 is 0 Å². The molecule has 7 heteroatoms. The maximum atomic E-state index is 13.0. The van der Waals surface area contributed by atoms with E-state index in [1.807, 2.05) is 30.9 Å². The number of nitrogens with zero attached hydrogens (tertiary/aromatic N) is 3. The molecule has 1 N–H and O–H groups in total. The van der Waals surface area contributed by atoms with Crippen molar-refractivity contribution in [2.45, 2.75) is 38.9 Å². The average molecular weight is 370 g/mol. The van der Waals surface area contributed by atoms with E-state index in [4.69, 9.17) is 4.42 Å². The highest BCUT2D eigenvalue weighted by Crippen LogP contribution is 2.23. The van der Waals surface area contributed by atoms with Crippen LogP contribution < -0.4 is 5.32 Å². The minimum atomic E-state index is -0.269. The summed E-state index contributed by atoms with van der Waals surface area (Å²) < 4.78 is 5.46. The number of hydrogen-bond acceptors (Lipinski definition) is 5. The first-order valence-electron chi connectivity index (χ1n) is 9.38. The van der Waals surface area contributed by atoms with Crippen LogP contribution in [0.3, 0.4) is 0 Å². The third-order valence-electron chi connectivity index (χ3n) is 4.96. The van der Waals surface area contributed by atoms with Crippen molar-refractivity contribution in [1.82, 2.24) is 20.1 Å². The van der Waals surface area contributed by atoms with Crippen molar-refractivity contribution < 1.29 is 14.0 Å². The molecule has 0 aliphatic carbocycles. The molecule has 27 heavy (non-hydrogen) atoms. The lowest BCUT2D eigenvalue weighted by atomic mass is 10.1. The van der Waals surface area contributed by atoms with E-state index in [-0.39, 0.29) is 23.9 Å². The van der Waals surface area contributed by atoms with Gasteiger partial charge in [-0.05, 0) is 44.5 Å². The number of furan rings is 1. The number of rotatable bonds is 7. The van der Waals surface area contributed by atoms with E-state index >= 15 is 0 Å². The van der Waals surface area contributed by atoms with Gasteiger partial charge in [0.1, 0.15) is 5.76 Å². The van der Waals surface area contributed by atoms with Gasteiger partial charge in [0, 0.05) is 38.1 Å². The lowest BCUT2D eigenvalue weighted by molar-refractivity contribution is -0.135. The van der Waals surface area contributed by atoms with Crippen LogP contribution in [0.5, 0.6) is 0 Å². The maximum Gasteiger partial charge on any atom is 0.253 e. The molecule has 1 aliphatic heterocycles. The SMILES string of the molecule is CCN(CC)C(=O)[C@@H]1C[C@@H](NC(=O)c2cccnc2)CN1Cc1ccco1. The minimum Gasteiger partial charge on any atom is -0.468 e. The van der Waals surface area contributed by atoms with Crippen LogP contribution in [0.15, 0.2) is 47.3 Å². The second-order valence-corrected chi connectivity index (χ2v) is 6.68. The first-order chi connectivity index (χ1) is 13.1. The average Bonchev–Trinajstić information content (AvgIpc) is 3.33. The Morgan fingerprint density at radius 2 is 2.11 bits per heavy atom. The molecular weight excluding hydrogens is 344 g/mol. The van der Waals surface area contributed by atoms with Crippen molar-refractivity contribution in [2.75, 3.05) is 19.6 Å². The number of carbonyl (C=O) groups excluding carboxylic acids is 2. The number of amides is 2. The van der Waals surface area contributed by atoms with Gasteiger partial charge in [-0.25, -0.2) is 0 Å². The number of likely N-dealkylation sites (N-methyl/N-ethyl adjacent to an activating group) is 1. The molecule has 0 radical (unpaired) electrons. The second-order valence-electron chi connectivity index (χ2n) is 6.68. The van der Waals surface area contributed by atoms with Gasteiger partial charge in [0.05, 0.1) is 24.4 Å². The predicted octanol–water partition coefficient (Wildman–Crippen LogP) is 1.92. The molecule has 1 aliphatic rings. The summed E-state index contributed by atoms with van der Waals surface area (Å²) in [6.45, 7) is 6.46. The molecule has 7 nitrogen and oxygen atoms in total. The van der Waals surface area contributed by atoms with Crippen molar-refractivity contribution in [3.63, 3.8) is 0 Å². The van der Waals surface area contributed by atoms with Gasteiger partial charge in [0.15, 0.2) is 0 Å². The molecule has 3 rings (SSSR count). The molecule has 2 aromatic rings. The summed E-state index contributed by atoms with van der Waals surface area (Å²) in [5.74, 6) is 0.748. The molecule has 0 bridgehead atoms.